The van der Waals surface area contributed by atoms with Gasteiger partial charge in [-0.1, -0.05) is 23.1 Å². The summed E-state index contributed by atoms with van der Waals surface area (Å²) in [4.78, 5) is 11.6. The van der Waals surface area contributed by atoms with Gasteiger partial charge < -0.3 is 0 Å². The molecule has 10 heteroatoms. The molecule has 0 fully saturated rings. The van der Waals surface area contributed by atoms with Crippen molar-refractivity contribution in [3.8, 4) is 0 Å². The van der Waals surface area contributed by atoms with Crippen LogP contribution in [-0.2, 0) is 11.8 Å². The maximum absolute atomic E-state index is 11.6. The van der Waals surface area contributed by atoms with E-state index in [2.05, 4.69) is 31.0 Å². The molecule has 2 heterocycles. The normalized spacial score (nSPS) is 10.5. The minimum absolute atomic E-state index is 0.158. The summed E-state index contributed by atoms with van der Waals surface area (Å²) in [7, 11) is 1.72. The molecule has 1 amide bonds. The van der Waals surface area contributed by atoms with Crippen molar-refractivity contribution in [3.63, 3.8) is 0 Å². The number of thioether (sulfide) groups is 1. The van der Waals surface area contributed by atoms with E-state index in [0.29, 0.717) is 10.3 Å². The zero-order valence-electron chi connectivity index (χ0n) is 9.12. The van der Waals surface area contributed by atoms with E-state index >= 15 is 0 Å². The van der Waals surface area contributed by atoms with E-state index in [1.807, 2.05) is 6.92 Å². The highest BCUT2D eigenvalue weighted by Crippen LogP contribution is 2.16. The number of carbonyl (C=O) groups is 1. The van der Waals surface area contributed by atoms with Crippen LogP contribution in [0.25, 0.3) is 0 Å². The lowest BCUT2D eigenvalue weighted by Crippen LogP contribution is -2.14. The fourth-order valence-electron chi connectivity index (χ4n) is 0.976. The Bertz CT molecular complexity index is 522. The number of nitrogens with one attached hydrogen (secondary N) is 1. The number of rotatable bonds is 4. The van der Waals surface area contributed by atoms with Gasteiger partial charge >= 0.3 is 0 Å². The molecule has 0 radical (unpaired) electrons. The molecular weight excluding hydrogens is 262 g/mol. The molecule has 2 aromatic heterocycles. The van der Waals surface area contributed by atoms with E-state index in [-0.39, 0.29) is 11.7 Å². The Labute approximate surface area is 105 Å². The Kier molecular flexibility index (Phi) is 3.64. The van der Waals surface area contributed by atoms with Crippen LogP contribution < -0.4 is 5.32 Å². The second kappa shape index (κ2) is 5.19. The predicted octanol–water partition coefficient (Wildman–Crippen LogP) is 0.101. The van der Waals surface area contributed by atoms with Crippen LogP contribution in [0.15, 0.2) is 5.16 Å². The van der Waals surface area contributed by atoms with E-state index in [1.165, 1.54) is 27.8 Å². The number of aryl methyl sites for hydroxylation is 2. The molecule has 0 aliphatic rings. The number of anilines is 1. The average molecular weight is 271 g/mol. The Morgan fingerprint density at radius 1 is 1.47 bits per heavy atom. The van der Waals surface area contributed by atoms with E-state index in [4.69, 9.17) is 0 Å². The van der Waals surface area contributed by atoms with Crippen molar-refractivity contribution in [2.45, 2.75) is 12.1 Å². The van der Waals surface area contributed by atoms with Crippen LogP contribution in [0.5, 0.6) is 0 Å². The number of hydrogen-bond donors (Lipinski definition) is 1. The Balaban J connectivity index is 1.84. The van der Waals surface area contributed by atoms with Gasteiger partial charge in [0, 0.05) is 7.05 Å². The van der Waals surface area contributed by atoms with Gasteiger partial charge in [-0.25, -0.2) is 4.68 Å². The van der Waals surface area contributed by atoms with Crippen LogP contribution in [0.2, 0.25) is 0 Å². The van der Waals surface area contributed by atoms with Crippen molar-refractivity contribution in [3.05, 3.63) is 5.01 Å². The van der Waals surface area contributed by atoms with Crippen LogP contribution in [-0.4, -0.2) is 42.1 Å². The first-order valence-corrected chi connectivity index (χ1v) is 6.40. The summed E-state index contributed by atoms with van der Waals surface area (Å²) < 4.78 is 1.51. The molecule has 0 unspecified atom stereocenters. The molecule has 0 bridgehead atoms. The monoisotopic (exact) mass is 271 g/mol. The molecule has 2 aromatic rings. The van der Waals surface area contributed by atoms with Gasteiger partial charge in [0.05, 0.1) is 5.75 Å². The predicted molar refractivity (Wildman–Crippen MR) is 62.8 cm³/mol. The molecule has 0 aromatic carbocycles. The van der Waals surface area contributed by atoms with Gasteiger partial charge in [-0.15, -0.1) is 15.3 Å². The van der Waals surface area contributed by atoms with E-state index in [1.54, 1.807) is 7.05 Å². The fraction of sp³-hybridized carbons (Fsp3) is 0.429. The third kappa shape index (κ3) is 3.20. The molecule has 17 heavy (non-hydrogen) atoms. The van der Waals surface area contributed by atoms with Crippen molar-refractivity contribution in [1.29, 1.82) is 0 Å². The fourth-order valence-corrected chi connectivity index (χ4v) is 2.23. The molecule has 0 saturated carbocycles. The summed E-state index contributed by atoms with van der Waals surface area (Å²) >= 11 is 2.59. The lowest BCUT2D eigenvalue weighted by atomic mass is 10.7. The third-order valence-corrected chi connectivity index (χ3v) is 3.45. The first-order valence-electron chi connectivity index (χ1n) is 4.60. The maximum atomic E-state index is 11.6. The Morgan fingerprint density at radius 3 is 2.88 bits per heavy atom. The molecular formula is C7H9N7OS2. The zero-order valence-corrected chi connectivity index (χ0v) is 10.7. The van der Waals surface area contributed by atoms with Gasteiger partial charge in [0.25, 0.3) is 0 Å². The SMILES string of the molecule is Cc1nnc(NC(=O)CSc2nnnn2C)s1. The summed E-state index contributed by atoms with van der Waals surface area (Å²) in [5, 5.41) is 23.1. The molecule has 0 saturated heterocycles. The molecule has 0 atom stereocenters. The topological polar surface area (TPSA) is 98.5 Å². The molecule has 0 spiro atoms. The van der Waals surface area contributed by atoms with E-state index in [9.17, 15) is 4.79 Å². The minimum Gasteiger partial charge on any atom is -0.300 e. The van der Waals surface area contributed by atoms with Crippen molar-refractivity contribution < 1.29 is 4.79 Å². The summed E-state index contributed by atoms with van der Waals surface area (Å²) in [6, 6.07) is 0. The van der Waals surface area contributed by atoms with Crippen molar-refractivity contribution in [2.75, 3.05) is 11.1 Å². The first kappa shape index (κ1) is 11.9. The lowest BCUT2D eigenvalue weighted by molar-refractivity contribution is -0.113. The van der Waals surface area contributed by atoms with Gasteiger partial charge in [-0.2, -0.15) is 0 Å². The van der Waals surface area contributed by atoms with Crippen LogP contribution >= 0.6 is 23.1 Å². The standard InChI is InChI=1S/C7H9N7OS2/c1-4-9-10-6(17-4)8-5(15)3-16-7-11-12-13-14(7)2/h3H2,1-2H3,(H,8,10,15). The molecule has 1 N–H and O–H groups in total. The van der Waals surface area contributed by atoms with Crippen molar-refractivity contribution in [2.24, 2.45) is 7.05 Å². The van der Waals surface area contributed by atoms with Crippen molar-refractivity contribution >= 4 is 34.1 Å². The van der Waals surface area contributed by atoms with Crippen LogP contribution in [0.3, 0.4) is 0 Å². The molecule has 0 aliphatic heterocycles. The molecule has 0 aliphatic carbocycles. The largest absolute Gasteiger partial charge is 0.300 e. The quantitative estimate of drug-likeness (QED) is 0.787. The van der Waals surface area contributed by atoms with Crippen LogP contribution in [0.1, 0.15) is 5.01 Å². The summed E-state index contributed by atoms with van der Waals surface area (Å²) in [5.74, 6) is 0.0708. The molecule has 90 valence electrons. The molecule has 2 rings (SSSR count). The van der Waals surface area contributed by atoms with Crippen molar-refractivity contribution in [1.82, 2.24) is 30.4 Å². The highest BCUT2D eigenvalue weighted by molar-refractivity contribution is 7.99. The lowest BCUT2D eigenvalue weighted by Gasteiger charge is -1.99. The zero-order chi connectivity index (χ0) is 12.3. The summed E-state index contributed by atoms with van der Waals surface area (Å²) in [6.07, 6.45) is 0. The number of aromatic nitrogens is 6. The summed E-state index contributed by atoms with van der Waals surface area (Å²) in [6.45, 7) is 1.83. The van der Waals surface area contributed by atoms with Gasteiger partial charge in [-0.3, -0.25) is 10.1 Å². The average Bonchev–Trinajstić information content (AvgIpc) is 2.85. The van der Waals surface area contributed by atoms with Gasteiger partial charge in [0.1, 0.15) is 5.01 Å². The maximum Gasteiger partial charge on any atom is 0.236 e. The van der Waals surface area contributed by atoms with E-state index in [0.717, 1.165) is 5.01 Å². The number of carbonyl (C=O) groups excluding carboxylic acids is 1. The van der Waals surface area contributed by atoms with Crippen LogP contribution in [0, 0.1) is 6.92 Å². The highest BCUT2D eigenvalue weighted by Gasteiger charge is 2.09. The number of amides is 1. The minimum atomic E-state index is -0.158. The van der Waals surface area contributed by atoms with Gasteiger partial charge in [0.15, 0.2) is 0 Å². The number of tetrazole rings is 1. The number of hydrogen-bond acceptors (Lipinski definition) is 8. The molecule has 8 nitrogen and oxygen atoms in total. The van der Waals surface area contributed by atoms with Gasteiger partial charge in [-0.05, 0) is 17.4 Å². The second-order valence-electron chi connectivity index (χ2n) is 3.05. The van der Waals surface area contributed by atoms with Crippen LogP contribution in [0.4, 0.5) is 5.13 Å². The van der Waals surface area contributed by atoms with E-state index < -0.39 is 0 Å². The highest BCUT2D eigenvalue weighted by atomic mass is 32.2. The first-order chi connectivity index (χ1) is 8.15. The number of nitrogens with zero attached hydrogens (tertiary/aromatic N) is 6. The van der Waals surface area contributed by atoms with Gasteiger partial charge in [0.2, 0.25) is 16.2 Å². The summed E-state index contributed by atoms with van der Waals surface area (Å²) in [5.41, 5.74) is 0. The smallest absolute Gasteiger partial charge is 0.236 e. The third-order valence-electron chi connectivity index (χ3n) is 1.69. The Morgan fingerprint density at radius 2 is 2.29 bits per heavy atom. The Hall–Kier alpha value is -1.55. The second-order valence-corrected chi connectivity index (χ2v) is 5.17.